The zero-order valence-electron chi connectivity index (χ0n) is 17.4. The molecule has 2 aromatic carbocycles. The summed E-state index contributed by atoms with van der Waals surface area (Å²) in [6.45, 7) is 4.10. The van der Waals surface area contributed by atoms with Crippen LogP contribution in [0, 0.1) is 17.6 Å². The molecule has 0 atom stereocenters. The second-order valence-corrected chi connectivity index (χ2v) is 8.27. The number of hydrogen-bond donors (Lipinski definition) is 1. The molecule has 1 N–H and O–H groups in total. The highest BCUT2D eigenvalue weighted by molar-refractivity contribution is 5.77. The molecule has 1 aliphatic heterocycles. The maximum atomic E-state index is 15.3. The monoisotopic (exact) mass is 394 g/mol. The predicted molar refractivity (Wildman–Crippen MR) is 118 cm³/mol. The summed E-state index contributed by atoms with van der Waals surface area (Å²) in [5.74, 6) is -0.101. The Hall–Kier alpha value is -2.46. The van der Waals surface area contributed by atoms with E-state index in [1.165, 1.54) is 11.6 Å². The maximum absolute atomic E-state index is 15.3. The van der Waals surface area contributed by atoms with E-state index >= 15 is 8.78 Å². The molecule has 0 saturated carbocycles. The average molecular weight is 395 g/mol. The third kappa shape index (κ3) is 3.86. The van der Waals surface area contributed by atoms with E-state index in [4.69, 9.17) is 0 Å². The molecule has 0 radical (unpaired) electrons. The van der Waals surface area contributed by atoms with E-state index < -0.39 is 0 Å². The lowest BCUT2D eigenvalue weighted by molar-refractivity contribution is 0.421. The average Bonchev–Trinajstić information content (AvgIpc) is 3.20. The molecule has 1 heterocycles. The Kier molecular flexibility index (Phi) is 5.55. The van der Waals surface area contributed by atoms with Crippen LogP contribution < -0.4 is 20.7 Å². The minimum Gasteiger partial charge on any atom is -0.377 e. The van der Waals surface area contributed by atoms with Gasteiger partial charge in [0.1, 0.15) is 11.6 Å². The standard InChI is InChI=1S/C25H28F2N2/c1-16(17-9-11-28-12-10-17)13-22-23(26)14-19(15-24(22)29(2)3)21-8-7-18-5-4-6-20(18)25(21)27/h5-8,13-15,17,28H,4,9-12H2,1-3H3/b16-13+. The second kappa shape index (κ2) is 8.11. The molecule has 0 aromatic heterocycles. The van der Waals surface area contributed by atoms with Gasteiger partial charge >= 0.3 is 0 Å². The molecule has 2 aliphatic rings. The minimum absolute atomic E-state index is 0.269. The molecule has 0 amide bonds. The number of benzene rings is 2. The summed E-state index contributed by atoms with van der Waals surface area (Å²) >= 11 is 0. The van der Waals surface area contributed by atoms with Crippen LogP contribution in [0.5, 0.6) is 0 Å². The second-order valence-electron chi connectivity index (χ2n) is 8.27. The lowest BCUT2D eigenvalue weighted by Crippen LogP contribution is -2.28. The van der Waals surface area contributed by atoms with Crippen molar-refractivity contribution in [2.45, 2.75) is 26.2 Å². The molecule has 1 fully saturated rings. The molecule has 0 bridgehead atoms. The summed E-state index contributed by atoms with van der Waals surface area (Å²) in [5.41, 5.74) is 3.57. The molecule has 1 saturated heterocycles. The Labute approximate surface area is 171 Å². The molecule has 0 spiro atoms. The number of halogens is 2. The zero-order valence-corrected chi connectivity index (χ0v) is 17.4. The van der Waals surface area contributed by atoms with Gasteiger partial charge in [-0.1, -0.05) is 35.9 Å². The molecule has 2 aromatic rings. The van der Waals surface area contributed by atoms with Crippen molar-refractivity contribution in [1.82, 2.24) is 5.32 Å². The normalized spacial score (nSPS) is 16.9. The Balaban J connectivity index is 1.80. The lowest BCUT2D eigenvalue weighted by atomic mass is 9.89. The summed E-state index contributed by atoms with van der Waals surface area (Å²) in [6, 6.07) is 7.04. The number of fused-ring (bicyclic) bond motifs is 1. The topological polar surface area (TPSA) is 15.3 Å². The van der Waals surface area contributed by atoms with Crippen molar-refractivity contribution >= 4 is 23.9 Å². The van der Waals surface area contributed by atoms with E-state index in [0.717, 1.165) is 43.3 Å². The van der Waals surface area contributed by atoms with Crippen LogP contribution in [-0.2, 0) is 0 Å². The number of nitrogens with one attached hydrogen (secondary N) is 1. The number of anilines is 1. The van der Waals surface area contributed by atoms with Gasteiger partial charge in [-0.15, -0.1) is 0 Å². The van der Waals surface area contributed by atoms with Crippen LogP contribution in [0.25, 0.3) is 29.4 Å². The first-order valence-corrected chi connectivity index (χ1v) is 10.3. The van der Waals surface area contributed by atoms with Gasteiger partial charge in [0.2, 0.25) is 0 Å². The quantitative estimate of drug-likeness (QED) is 0.841. The van der Waals surface area contributed by atoms with Crippen LogP contribution in [0.2, 0.25) is 0 Å². The van der Waals surface area contributed by atoms with Crippen molar-refractivity contribution in [2.24, 2.45) is 5.92 Å². The number of rotatable bonds is 4. The third-order valence-corrected chi connectivity index (χ3v) is 6.13. The summed E-state index contributed by atoms with van der Waals surface area (Å²) in [5, 5.41) is 4.91. The Morgan fingerprint density at radius 3 is 2.59 bits per heavy atom. The van der Waals surface area contributed by atoms with Gasteiger partial charge in [0.05, 0.1) is 0 Å². The first-order valence-electron chi connectivity index (χ1n) is 10.3. The minimum atomic E-state index is -0.310. The summed E-state index contributed by atoms with van der Waals surface area (Å²) in [6.07, 6.45) is 8.77. The Bertz CT molecular complexity index is 1080. The molecule has 4 rings (SSSR count). The van der Waals surface area contributed by atoms with Crippen molar-refractivity contribution in [3.8, 4) is 11.1 Å². The van der Waals surface area contributed by atoms with Crippen LogP contribution in [0.3, 0.4) is 0 Å². The summed E-state index contributed by atoms with van der Waals surface area (Å²) in [7, 11) is 3.80. The number of nitrogens with zero attached hydrogens (tertiary/aromatic N) is 1. The van der Waals surface area contributed by atoms with Gasteiger partial charge < -0.3 is 10.2 Å². The first kappa shape index (κ1) is 19.8. The first-order chi connectivity index (χ1) is 14.0. The van der Waals surface area contributed by atoms with Crippen LogP contribution >= 0.6 is 0 Å². The zero-order chi connectivity index (χ0) is 20.5. The highest BCUT2D eigenvalue weighted by Gasteiger charge is 2.19. The van der Waals surface area contributed by atoms with Crippen LogP contribution in [0.4, 0.5) is 14.5 Å². The van der Waals surface area contributed by atoms with Gasteiger partial charge in [-0.3, -0.25) is 0 Å². The molecule has 29 heavy (non-hydrogen) atoms. The van der Waals surface area contributed by atoms with Gasteiger partial charge in [-0.2, -0.15) is 0 Å². The van der Waals surface area contributed by atoms with E-state index in [1.54, 1.807) is 6.07 Å². The molecule has 2 nitrogen and oxygen atoms in total. The van der Waals surface area contributed by atoms with Crippen molar-refractivity contribution in [1.29, 1.82) is 0 Å². The van der Waals surface area contributed by atoms with Crippen molar-refractivity contribution in [2.75, 3.05) is 32.1 Å². The van der Waals surface area contributed by atoms with E-state index in [-0.39, 0.29) is 11.6 Å². The number of piperidine rings is 1. The predicted octanol–water partition coefficient (Wildman–Crippen LogP) is 4.07. The van der Waals surface area contributed by atoms with Gasteiger partial charge in [0.25, 0.3) is 0 Å². The fourth-order valence-electron chi connectivity index (χ4n) is 4.41. The van der Waals surface area contributed by atoms with Gasteiger partial charge in [-0.05, 0) is 68.1 Å². The maximum Gasteiger partial charge on any atom is 0.138 e. The Morgan fingerprint density at radius 2 is 1.86 bits per heavy atom. The van der Waals surface area contributed by atoms with Crippen molar-refractivity contribution in [3.05, 3.63) is 57.5 Å². The largest absolute Gasteiger partial charge is 0.377 e. The van der Waals surface area contributed by atoms with Gasteiger partial charge in [-0.25, -0.2) is 8.78 Å². The SMILES string of the molecule is C/C(=C\c1c(F)cc(-c2ccc3c(c2F)=CCC=3)cc1N(C)C)C1CCNCC1. The van der Waals surface area contributed by atoms with Gasteiger partial charge in [0, 0.05) is 36.1 Å². The smallest absolute Gasteiger partial charge is 0.138 e. The van der Waals surface area contributed by atoms with Gasteiger partial charge in [0.15, 0.2) is 0 Å². The van der Waals surface area contributed by atoms with E-state index in [1.807, 2.05) is 49.4 Å². The molecule has 4 heteroatoms. The summed E-state index contributed by atoms with van der Waals surface area (Å²) < 4.78 is 30.3. The molecule has 152 valence electrons. The Morgan fingerprint density at radius 1 is 1.10 bits per heavy atom. The van der Waals surface area contributed by atoms with E-state index in [9.17, 15) is 0 Å². The van der Waals surface area contributed by atoms with E-state index in [0.29, 0.717) is 27.8 Å². The van der Waals surface area contributed by atoms with Crippen LogP contribution in [0.1, 0.15) is 31.7 Å². The molecular formula is C25H28F2N2. The van der Waals surface area contributed by atoms with E-state index in [2.05, 4.69) is 12.2 Å². The van der Waals surface area contributed by atoms with Crippen molar-refractivity contribution < 1.29 is 8.78 Å². The molecule has 0 unspecified atom stereocenters. The lowest BCUT2D eigenvalue weighted by Gasteiger charge is -2.24. The fourth-order valence-corrected chi connectivity index (χ4v) is 4.41. The highest BCUT2D eigenvalue weighted by Crippen LogP contribution is 2.33. The third-order valence-electron chi connectivity index (χ3n) is 6.13. The van der Waals surface area contributed by atoms with Crippen molar-refractivity contribution in [3.63, 3.8) is 0 Å². The molecule has 1 aliphatic carbocycles. The van der Waals surface area contributed by atoms with Crippen LogP contribution in [-0.4, -0.2) is 27.2 Å². The summed E-state index contributed by atoms with van der Waals surface area (Å²) in [4.78, 5) is 1.90. The number of allylic oxidation sites excluding steroid dienone is 1. The number of hydrogen-bond acceptors (Lipinski definition) is 2. The molecular weight excluding hydrogens is 366 g/mol. The van der Waals surface area contributed by atoms with Crippen LogP contribution in [0.15, 0.2) is 29.8 Å². The fraction of sp³-hybridized carbons (Fsp3) is 0.360. The highest BCUT2D eigenvalue weighted by atomic mass is 19.1.